The van der Waals surface area contributed by atoms with Crippen LogP contribution in [0.2, 0.25) is 0 Å². The zero-order valence-corrected chi connectivity index (χ0v) is 14.4. The molecular weight excluding hydrogens is 351 g/mol. The third kappa shape index (κ3) is 3.25. The maximum atomic E-state index is 13.1. The van der Waals surface area contributed by atoms with Crippen LogP contribution in [0, 0.1) is 0 Å². The van der Waals surface area contributed by atoms with E-state index in [9.17, 15) is 14.0 Å². The van der Waals surface area contributed by atoms with Gasteiger partial charge in [0.2, 0.25) is 5.95 Å². The summed E-state index contributed by atoms with van der Waals surface area (Å²) in [6.07, 6.45) is 4.90. The molecule has 138 valence electrons. The van der Waals surface area contributed by atoms with Gasteiger partial charge in [0, 0.05) is 23.9 Å². The summed E-state index contributed by atoms with van der Waals surface area (Å²) in [7, 11) is 0. The second-order valence-electron chi connectivity index (χ2n) is 6.20. The van der Waals surface area contributed by atoms with Crippen LogP contribution >= 0.6 is 0 Å². The van der Waals surface area contributed by atoms with Crippen molar-refractivity contribution >= 4 is 17.6 Å². The molecule has 0 fully saturated rings. The molecule has 1 N–H and O–H groups in total. The minimum Gasteiger partial charge on any atom is -0.459 e. The van der Waals surface area contributed by atoms with Crippen molar-refractivity contribution in [3.63, 3.8) is 0 Å². The number of amides is 1. The van der Waals surface area contributed by atoms with Crippen molar-refractivity contribution < 1.29 is 18.4 Å². The fraction of sp³-hybridized carbons (Fsp3) is 0.263. The first-order chi connectivity index (χ1) is 13.2. The lowest BCUT2D eigenvalue weighted by Crippen LogP contribution is -2.15. The topological polar surface area (TPSA) is 90.0 Å². The van der Waals surface area contributed by atoms with Crippen LogP contribution < -0.4 is 5.32 Å². The van der Waals surface area contributed by atoms with Crippen molar-refractivity contribution in [1.29, 1.82) is 0 Å². The minimum atomic E-state index is -0.546. The van der Waals surface area contributed by atoms with Gasteiger partial charge in [-0.2, -0.15) is 0 Å². The zero-order chi connectivity index (χ0) is 18.8. The fourth-order valence-corrected chi connectivity index (χ4v) is 3.34. The highest BCUT2D eigenvalue weighted by atomic mass is 19.1. The molecule has 27 heavy (non-hydrogen) atoms. The Hall–Kier alpha value is -3.29. The molecule has 1 aliphatic rings. The van der Waals surface area contributed by atoms with Crippen LogP contribution in [0.4, 0.5) is 10.3 Å². The van der Waals surface area contributed by atoms with Crippen molar-refractivity contribution in [1.82, 2.24) is 14.5 Å². The van der Waals surface area contributed by atoms with Gasteiger partial charge in [0.05, 0.1) is 24.2 Å². The molecule has 3 aromatic heterocycles. The fourth-order valence-electron chi connectivity index (χ4n) is 3.34. The molecule has 4 rings (SSSR count). The van der Waals surface area contributed by atoms with E-state index in [1.807, 2.05) is 0 Å². The number of nitrogens with one attached hydrogen (secondary N) is 1. The Balaban J connectivity index is 1.69. The number of furan rings is 1. The summed E-state index contributed by atoms with van der Waals surface area (Å²) < 4.78 is 20.0. The average molecular weight is 368 g/mol. The van der Waals surface area contributed by atoms with Gasteiger partial charge in [-0.25, -0.2) is 14.4 Å². The first kappa shape index (κ1) is 17.1. The number of fused-ring (bicyclic) bond motifs is 1. The van der Waals surface area contributed by atoms with E-state index in [1.54, 1.807) is 22.8 Å². The summed E-state index contributed by atoms with van der Waals surface area (Å²) in [6.45, 7) is -0.397. The van der Waals surface area contributed by atoms with Crippen LogP contribution in [0.1, 0.15) is 39.4 Å². The molecule has 0 aromatic carbocycles. The van der Waals surface area contributed by atoms with E-state index in [4.69, 9.17) is 4.42 Å². The number of carbonyl (C=O) groups is 2. The summed E-state index contributed by atoms with van der Waals surface area (Å²) in [4.78, 5) is 32.8. The Labute approximate surface area is 154 Å². The number of carbonyl (C=O) groups excluding carboxylic acids is 2. The van der Waals surface area contributed by atoms with Gasteiger partial charge in [-0.3, -0.25) is 14.9 Å². The van der Waals surface area contributed by atoms with Crippen LogP contribution in [-0.4, -0.2) is 32.9 Å². The van der Waals surface area contributed by atoms with Gasteiger partial charge >= 0.3 is 0 Å². The van der Waals surface area contributed by atoms with Gasteiger partial charge in [0.25, 0.3) is 5.91 Å². The molecule has 0 saturated carbocycles. The minimum absolute atomic E-state index is 0.0653. The standard InChI is InChI=1S/C19H17FN4O3/c20-7-9-24-14-3-1-4-16(25)12(14)11-15(24)13-6-8-21-19(22-13)23-18(26)17-5-2-10-27-17/h2,5-6,8,10-11H,1,3-4,7,9H2,(H,21,22,23,26). The Bertz CT molecular complexity index is 995. The lowest BCUT2D eigenvalue weighted by molar-refractivity contribution is 0.0969. The molecule has 0 atom stereocenters. The summed E-state index contributed by atoms with van der Waals surface area (Å²) in [6, 6.07) is 6.57. The third-order valence-electron chi connectivity index (χ3n) is 4.52. The van der Waals surface area contributed by atoms with Crippen LogP contribution in [0.5, 0.6) is 0 Å². The van der Waals surface area contributed by atoms with Crippen LogP contribution in [0.15, 0.2) is 41.1 Å². The molecule has 0 radical (unpaired) electrons. The van der Waals surface area contributed by atoms with Gasteiger partial charge in [0.15, 0.2) is 11.5 Å². The normalized spacial score (nSPS) is 13.4. The number of alkyl halides is 1. The highest BCUT2D eigenvalue weighted by Gasteiger charge is 2.25. The number of hydrogen-bond acceptors (Lipinski definition) is 5. The average Bonchev–Trinajstić information content (AvgIpc) is 3.32. The summed E-state index contributed by atoms with van der Waals surface area (Å²) in [5.74, 6) is -0.154. The SMILES string of the molecule is O=C(Nc1nccc(-c2cc3c(n2CCF)CCCC3=O)n1)c1ccco1. The molecule has 7 nitrogen and oxygen atoms in total. The number of nitrogens with zero attached hydrogens (tertiary/aromatic N) is 3. The predicted octanol–water partition coefficient (Wildman–Crippen LogP) is 3.28. The van der Waals surface area contributed by atoms with Crippen LogP contribution in [0.3, 0.4) is 0 Å². The van der Waals surface area contributed by atoms with E-state index in [0.717, 1.165) is 18.5 Å². The van der Waals surface area contributed by atoms with Gasteiger partial charge in [-0.1, -0.05) is 0 Å². The van der Waals surface area contributed by atoms with Gasteiger partial charge in [0.1, 0.15) is 6.67 Å². The number of ketones is 1. The van der Waals surface area contributed by atoms with Crippen molar-refractivity contribution in [2.75, 3.05) is 12.0 Å². The molecule has 1 aliphatic carbocycles. The maximum Gasteiger partial charge on any atom is 0.293 e. The quantitative estimate of drug-likeness (QED) is 0.746. The number of Topliss-reactive ketones (excluding diaryl/α,β-unsaturated/α-hetero) is 1. The Morgan fingerprint density at radius 1 is 1.33 bits per heavy atom. The van der Waals surface area contributed by atoms with E-state index in [-0.39, 0.29) is 24.0 Å². The number of halogens is 1. The lowest BCUT2D eigenvalue weighted by Gasteiger charge is -2.15. The summed E-state index contributed by atoms with van der Waals surface area (Å²) in [5, 5.41) is 2.57. The largest absolute Gasteiger partial charge is 0.459 e. The molecule has 0 saturated heterocycles. The number of anilines is 1. The molecule has 0 aliphatic heterocycles. The number of hydrogen-bond donors (Lipinski definition) is 1. The Morgan fingerprint density at radius 3 is 3.00 bits per heavy atom. The monoisotopic (exact) mass is 368 g/mol. The van der Waals surface area contributed by atoms with Gasteiger partial charge in [-0.15, -0.1) is 0 Å². The van der Waals surface area contributed by atoms with Crippen molar-refractivity contribution in [2.45, 2.75) is 25.8 Å². The highest BCUT2D eigenvalue weighted by molar-refractivity contribution is 6.01. The van der Waals surface area contributed by atoms with E-state index in [2.05, 4.69) is 15.3 Å². The number of aromatic nitrogens is 3. The first-order valence-corrected chi connectivity index (χ1v) is 8.67. The smallest absolute Gasteiger partial charge is 0.293 e. The van der Waals surface area contributed by atoms with E-state index >= 15 is 0 Å². The molecule has 3 heterocycles. The van der Waals surface area contributed by atoms with Crippen molar-refractivity contribution in [2.24, 2.45) is 0 Å². The predicted molar refractivity (Wildman–Crippen MR) is 95.4 cm³/mol. The molecule has 0 spiro atoms. The Morgan fingerprint density at radius 2 is 2.22 bits per heavy atom. The third-order valence-corrected chi connectivity index (χ3v) is 4.52. The second kappa shape index (κ2) is 7.14. The highest BCUT2D eigenvalue weighted by Crippen LogP contribution is 2.30. The van der Waals surface area contributed by atoms with E-state index < -0.39 is 12.6 Å². The summed E-state index contributed by atoms with van der Waals surface area (Å²) in [5.41, 5.74) is 2.63. The first-order valence-electron chi connectivity index (χ1n) is 8.67. The molecule has 1 amide bonds. The van der Waals surface area contributed by atoms with Gasteiger partial charge in [-0.05, 0) is 37.1 Å². The molecule has 8 heteroatoms. The van der Waals surface area contributed by atoms with Gasteiger partial charge < -0.3 is 8.98 Å². The summed E-state index contributed by atoms with van der Waals surface area (Å²) >= 11 is 0. The molecule has 3 aromatic rings. The number of rotatable bonds is 5. The second-order valence-corrected chi connectivity index (χ2v) is 6.20. The van der Waals surface area contributed by atoms with Crippen molar-refractivity contribution in [3.8, 4) is 11.4 Å². The van der Waals surface area contributed by atoms with Crippen LogP contribution in [-0.2, 0) is 13.0 Å². The zero-order valence-electron chi connectivity index (χ0n) is 14.4. The molecule has 0 bridgehead atoms. The van der Waals surface area contributed by atoms with Crippen molar-refractivity contribution in [3.05, 3.63) is 53.7 Å². The molecular formula is C19H17FN4O3. The molecule has 0 unspecified atom stereocenters. The lowest BCUT2D eigenvalue weighted by atomic mass is 9.96. The Kier molecular flexibility index (Phi) is 4.53. The maximum absolute atomic E-state index is 13.1. The van der Waals surface area contributed by atoms with Crippen LogP contribution in [0.25, 0.3) is 11.4 Å². The van der Waals surface area contributed by atoms with E-state index in [1.165, 1.54) is 18.5 Å². The van der Waals surface area contributed by atoms with E-state index in [0.29, 0.717) is 23.4 Å².